The molecular weight excluding hydrogens is 507 g/mol. The molecule has 15 heteroatoms. The van der Waals surface area contributed by atoms with Crippen LogP contribution in [0.1, 0.15) is 11.1 Å². The van der Waals surface area contributed by atoms with E-state index in [-0.39, 0.29) is 18.1 Å². The number of hydrogen-bond acceptors (Lipinski definition) is 9. The van der Waals surface area contributed by atoms with Gasteiger partial charge >= 0.3 is 21.6 Å². The lowest BCUT2D eigenvalue weighted by molar-refractivity contribution is -0.137. The lowest BCUT2D eigenvalue weighted by atomic mass is 10.1. The summed E-state index contributed by atoms with van der Waals surface area (Å²) in [6.45, 7) is -0.675. The Labute approximate surface area is 191 Å². The van der Waals surface area contributed by atoms with Gasteiger partial charge in [0.2, 0.25) is 6.79 Å². The van der Waals surface area contributed by atoms with Crippen molar-refractivity contribution in [2.45, 2.75) is 16.9 Å². The van der Waals surface area contributed by atoms with Crippen LogP contribution in [0.15, 0.2) is 53.1 Å². The Morgan fingerprint density at radius 1 is 1.12 bits per heavy atom. The summed E-state index contributed by atoms with van der Waals surface area (Å²) >= 11 is 0. The van der Waals surface area contributed by atoms with Gasteiger partial charge < -0.3 is 18.4 Å². The molecule has 0 N–H and O–H groups in total. The molecule has 2 aliphatic rings. The highest BCUT2D eigenvalue weighted by Crippen LogP contribution is 2.42. The van der Waals surface area contributed by atoms with Crippen LogP contribution in [0.4, 0.5) is 13.2 Å². The third kappa shape index (κ3) is 3.90. The summed E-state index contributed by atoms with van der Waals surface area (Å²) in [7, 11) is -10.0. The maximum absolute atomic E-state index is 13.4. The molecule has 0 fully saturated rings. The maximum Gasteiger partial charge on any atom is 0.534 e. The quantitative estimate of drug-likeness (QED) is 0.331. The molecule has 182 valence electrons. The average molecular weight is 521 g/mol. The van der Waals surface area contributed by atoms with E-state index in [0.29, 0.717) is 10.1 Å². The van der Waals surface area contributed by atoms with Crippen LogP contribution < -0.4 is 9.47 Å². The van der Waals surface area contributed by atoms with Crippen molar-refractivity contribution >= 4 is 31.9 Å². The van der Waals surface area contributed by atoms with Gasteiger partial charge in [-0.1, -0.05) is 18.2 Å². The molecule has 0 spiro atoms. The van der Waals surface area contributed by atoms with Crippen LogP contribution in [0.2, 0.25) is 0 Å². The summed E-state index contributed by atoms with van der Waals surface area (Å²) in [4.78, 5) is 12.0. The van der Waals surface area contributed by atoms with Gasteiger partial charge in [0.1, 0.15) is 0 Å². The largest absolute Gasteiger partial charge is 0.534 e. The van der Waals surface area contributed by atoms with Crippen LogP contribution in [0, 0.1) is 0 Å². The number of carbonyl (C=O) groups is 1. The predicted octanol–water partition coefficient (Wildman–Crippen LogP) is 2.33. The van der Waals surface area contributed by atoms with E-state index in [1.165, 1.54) is 30.3 Å². The van der Waals surface area contributed by atoms with Gasteiger partial charge in [-0.3, -0.25) is 4.31 Å². The smallest absolute Gasteiger partial charge is 0.464 e. The summed E-state index contributed by atoms with van der Waals surface area (Å²) in [6, 6.07) is 8.86. The minimum atomic E-state index is -6.28. The molecule has 0 unspecified atom stereocenters. The first-order chi connectivity index (χ1) is 15.9. The molecule has 2 aromatic rings. The third-order valence-electron chi connectivity index (χ3n) is 4.78. The Morgan fingerprint density at radius 2 is 1.79 bits per heavy atom. The molecule has 0 aromatic heterocycles. The Balaban J connectivity index is 1.94. The highest BCUT2D eigenvalue weighted by Gasteiger charge is 2.51. The minimum absolute atomic E-state index is 0.0746. The van der Waals surface area contributed by atoms with Crippen molar-refractivity contribution in [3.05, 3.63) is 59.3 Å². The van der Waals surface area contributed by atoms with Crippen LogP contribution >= 0.6 is 0 Å². The molecule has 0 saturated carbocycles. The number of carbonyl (C=O) groups excluding carboxylic acids is 1. The fraction of sp³-hybridized carbons (Fsp3) is 0.211. The fourth-order valence-electron chi connectivity index (χ4n) is 3.26. The van der Waals surface area contributed by atoms with Gasteiger partial charge in [-0.2, -0.15) is 21.6 Å². The van der Waals surface area contributed by atoms with Crippen LogP contribution in [-0.4, -0.2) is 46.5 Å². The number of halogens is 3. The molecule has 2 heterocycles. The molecule has 0 radical (unpaired) electrons. The van der Waals surface area contributed by atoms with Crippen LogP contribution in [0.5, 0.6) is 11.5 Å². The van der Waals surface area contributed by atoms with Crippen molar-refractivity contribution in [2.75, 3.05) is 13.9 Å². The van der Waals surface area contributed by atoms with Crippen LogP contribution in [-0.2, 0) is 40.4 Å². The lowest BCUT2D eigenvalue weighted by Crippen LogP contribution is -2.39. The molecule has 0 atom stereocenters. The summed E-state index contributed by atoms with van der Waals surface area (Å²) in [6.07, 6.45) is 0. The monoisotopic (exact) mass is 521 g/mol. The second-order valence-electron chi connectivity index (χ2n) is 6.85. The summed E-state index contributed by atoms with van der Waals surface area (Å²) in [5, 5.41) is 0. The molecule has 0 saturated heterocycles. The second-order valence-corrected chi connectivity index (χ2v) is 10.2. The molecule has 10 nitrogen and oxygen atoms in total. The Morgan fingerprint density at radius 3 is 2.47 bits per heavy atom. The number of alkyl halides is 3. The van der Waals surface area contributed by atoms with Crippen molar-refractivity contribution in [3.63, 3.8) is 0 Å². The number of hydrogen-bond donors (Lipinski definition) is 0. The molecule has 2 aliphatic heterocycles. The molecular formula is C19H14F3NO9S2. The third-order valence-corrected chi connectivity index (χ3v) is 7.54. The van der Waals surface area contributed by atoms with Crippen LogP contribution in [0.3, 0.4) is 0 Å². The fourth-order valence-corrected chi connectivity index (χ4v) is 5.39. The van der Waals surface area contributed by atoms with E-state index in [1.807, 2.05) is 0 Å². The lowest BCUT2D eigenvalue weighted by Gasteiger charge is -2.32. The Kier molecular flexibility index (Phi) is 5.64. The Bertz CT molecular complexity index is 1420. The van der Waals surface area contributed by atoms with Crippen molar-refractivity contribution in [1.82, 2.24) is 4.31 Å². The number of esters is 1. The standard InChI is InChI=1S/C19H14F3NO9S2/c1-29-18(24)16-17(32-34(27,28)19(20,21)22)12-4-2-3-5-15(12)33(25,26)23(16)9-11-6-7-13-14(8-11)31-10-30-13/h2-8H,9-10H2,1H3. The highest BCUT2D eigenvalue weighted by atomic mass is 32.2. The minimum Gasteiger partial charge on any atom is -0.464 e. The SMILES string of the molecule is COC(=O)C1=C(OS(=O)(=O)C(F)(F)F)c2ccccc2S(=O)(=O)N1Cc1ccc2c(c1)OCO2. The number of rotatable bonds is 5. The summed E-state index contributed by atoms with van der Waals surface area (Å²) < 4.78 is 109. The van der Waals surface area contributed by atoms with Gasteiger partial charge in [0.15, 0.2) is 23.0 Å². The molecule has 0 amide bonds. The predicted molar refractivity (Wildman–Crippen MR) is 107 cm³/mol. The van der Waals surface area contributed by atoms with E-state index < -0.39 is 60.1 Å². The van der Waals surface area contributed by atoms with Crippen molar-refractivity contribution < 1.29 is 53.2 Å². The number of sulfonamides is 1. The highest BCUT2D eigenvalue weighted by molar-refractivity contribution is 7.89. The van der Waals surface area contributed by atoms with E-state index in [4.69, 9.17) is 9.47 Å². The number of benzene rings is 2. The molecule has 0 bridgehead atoms. The number of ether oxygens (including phenoxy) is 3. The summed E-state index contributed by atoms with van der Waals surface area (Å²) in [5.41, 5.74) is -7.22. The second kappa shape index (κ2) is 8.09. The number of nitrogens with zero attached hydrogens (tertiary/aromatic N) is 1. The van der Waals surface area contributed by atoms with E-state index in [1.54, 1.807) is 0 Å². The van der Waals surface area contributed by atoms with E-state index in [0.717, 1.165) is 19.2 Å². The number of fused-ring (bicyclic) bond motifs is 2. The van der Waals surface area contributed by atoms with E-state index >= 15 is 0 Å². The first-order valence-corrected chi connectivity index (χ1v) is 12.1. The number of methoxy groups -OCH3 is 1. The first-order valence-electron chi connectivity index (χ1n) is 9.21. The first kappa shape index (κ1) is 23.7. The van der Waals surface area contributed by atoms with Crippen molar-refractivity contribution in [1.29, 1.82) is 0 Å². The zero-order chi connectivity index (χ0) is 24.9. The maximum atomic E-state index is 13.4. The molecule has 4 rings (SSSR count). The molecule has 0 aliphatic carbocycles. The topological polar surface area (TPSA) is 126 Å². The zero-order valence-corrected chi connectivity index (χ0v) is 18.7. The van der Waals surface area contributed by atoms with Gasteiger partial charge in [-0.25, -0.2) is 13.2 Å². The van der Waals surface area contributed by atoms with Crippen molar-refractivity contribution in [2.24, 2.45) is 0 Å². The average Bonchev–Trinajstić information content (AvgIpc) is 3.24. The van der Waals surface area contributed by atoms with Gasteiger partial charge in [-0.05, 0) is 29.8 Å². The van der Waals surface area contributed by atoms with Gasteiger partial charge in [0.25, 0.3) is 10.0 Å². The zero-order valence-electron chi connectivity index (χ0n) is 17.0. The molecule has 2 aromatic carbocycles. The van der Waals surface area contributed by atoms with Crippen LogP contribution in [0.25, 0.3) is 5.76 Å². The van der Waals surface area contributed by atoms with Gasteiger partial charge in [-0.15, -0.1) is 0 Å². The Hall–Kier alpha value is -3.46. The molecule has 34 heavy (non-hydrogen) atoms. The van der Waals surface area contributed by atoms with Gasteiger partial charge in [0, 0.05) is 5.56 Å². The van der Waals surface area contributed by atoms with E-state index in [2.05, 4.69) is 8.92 Å². The van der Waals surface area contributed by atoms with E-state index in [9.17, 15) is 34.8 Å². The van der Waals surface area contributed by atoms with Gasteiger partial charge in [0.05, 0.1) is 18.6 Å². The normalized spacial score (nSPS) is 16.8. The summed E-state index contributed by atoms with van der Waals surface area (Å²) in [5.74, 6) is -1.94. The van der Waals surface area contributed by atoms with Crippen molar-refractivity contribution in [3.8, 4) is 11.5 Å².